The molecule has 0 aromatic carbocycles. The van der Waals surface area contributed by atoms with Crippen LogP contribution in [-0.4, -0.2) is 13.0 Å². The monoisotopic (exact) mass is 222 g/mol. The summed E-state index contributed by atoms with van der Waals surface area (Å²) in [5.74, 6) is 0. The van der Waals surface area contributed by atoms with E-state index in [1.807, 2.05) is 0 Å². The fourth-order valence-electron chi connectivity index (χ4n) is 0.844. The number of hydrogen-bond donors (Lipinski definition) is 1. The van der Waals surface area contributed by atoms with Gasteiger partial charge < -0.3 is 10.3 Å². The Hall–Kier alpha value is -1.01. The molecule has 0 amide bonds. The molecule has 0 radical (unpaired) electrons. The van der Waals surface area contributed by atoms with E-state index in [0.29, 0.717) is 0 Å². The van der Waals surface area contributed by atoms with Gasteiger partial charge in [-0.1, -0.05) is 0 Å². The summed E-state index contributed by atoms with van der Waals surface area (Å²) in [6.45, 7) is 0. The molecular formula is C6H7ClN2O3S. The Morgan fingerprint density at radius 3 is 2.54 bits per heavy atom. The van der Waals surface area contributed by atoms with Gasteiger partial charge in [-0.05, 0) is 0 Å². The van der Waals surface area contributed by atoms with Crippen LogP contribution >= 0.6 is 10.7 Å². The molecule has 72 valence electrons. The minimum atomic E-state index is -3.94. The summed E-state index contributed by atoms with van der Waals surface area (Å²) in [5, 5.41) is 0. The fraction of sp³-hybridized carbons (Fsp3) is 0.167. The molecule has 13 heavy (non-hydrogen) atoms. The van der Waals surface area contributed by atoms with Crippen molar-refractivity contribution in [1.82, 2.24) is 4.57 Å². The summed E-state index contributed by atoms with van der Waals surface area (Å²) >= 11 is 0. The molecule has 1 aromatic heterocycles. The van der Waals surface area contributed by atoms with Crippen LogP contribution < -0.4 is 11.3 Å². The topological polar surface area (TPSA) is 82.2 Å². The lowest BCUT2D eigenvalue weighted by atomic mass is 10.4. The second-order valence-corrected chi connectivity index (χ2v) is 5.01. The first-order valence-corrected chi connectivity index (χ1v) is 5.54. The molecule has 1 heterocycles. The number of pyridine rings is 1. The highest BCUT2D eigenvalue weighted by molar-refractivity contribution is 8.13. The molecular weight excluding hydrogens is 216 g/mol. The Kier molecular flexibility index (Phi) is 2.36. The van der Waals surface area contributed by atoms with Crippen LogP contribution in [0, 0.1) is 0 Å². The van der Waals surface area contributed by atoms with E-state index in [2.05, 4.69) is 0 Å². The Balaban J connectivity index is 3.60. The van der Waals surface area contributed by atoms with E-state index in [4.69, 9.17) is 16.4 Å². The van der Waals surface area contributed by atoms with Gasteiger partial charge in [0.15, 0.2) is 0 Å². The number of nitrogens with two attached hydrogens (primary N) is 1. The summed E-state index contributed by atoms with van der Waals surface area (Å²) in [7, 11) is 2.55. The number of nitrogens with zero attached hydrogens (tertiary/aromatic N) is 1. The lowest BCUT2D eigenvalue weighted by Gasteiger charge is -2.02. The first kappa shape index (κ1) is 10.1. The van der Waals surface area contributed by atoms with Crippen molar-refractivity contribution in [3.63, 3.8) is 0 Å². The van der Waals surface area contributed by atoms with Crippen LogP contribution in [0.25, 0.3) is 0 Å². The number of aromatic nitrogens is 1. The van der Waals surface area contributed by atoms with Gasteiger partial charge in [0.1, 0.15) is 4.90 Å². The summed E-state index contributed by atoms with van der Waals surface area (Å²) in [4.78, 5) is 10.7. The van der Waals surface area contributed by atoms with Crippen LogP contribution in [0.4, 0.5) is 5.69 Å². The molecule has 5 nitrogen and oxygen atoms in total. The standard InChI is InChI=1S/C6H7ClN2O3S/c1-9-3-4(8)5(2-6(9)10)13(7,11)12/h2-3H,8H2,1H3. The van der Waals surface area contributed by atoms with Gasteiger partial charge in [0.2, 0.25) is 0 Å². The van der Waals surface area contributed by atoms with Gasteiger partial charge in [-0.25, -0.2) is 8.42 Å². The predicted octanol–water partition coefficient (Wildman–Crippen LogP) is -0.105. The van der Waals surface area contributed by atoms with Crippen LogP contribution in [-0.2, 0) is 16.1 Å². The molecule has 0 aliphatic heterocycles. The molecule has 0 aliphatic rings. The summed E-state index contributed by atoms with van der Waals surface area (Å²) in [5.41, 5.74) is 4.83. The number of hydrogen-bond acceptors (Lipinski definition) is 4. The molecule has 0 spiro atoms. The zero-order valence-electron chi connectivity index (χ0n) is 6.69. The van der Waals surface area contributed by atoms with Gasteiger partial charge in [0.25, 0.3) is 14.6 Å². The largest absolute Gasteiger partial charge is 0.396 e. The number of aryl methyl sites for hydroxylation is 1. The quantitative estimate of drug-likeness (QED) is 0.673. The van der Waals surface area contributed by atoms with Crippen LogP contribution in [0.15, 0.2) is 22.0 Å². The second kappa shape index (κ2) is 3.04. The average Bonchev–Trinajstić information content (AvgIpc) is 1.94. The summed E-state index contributed by atoms with van der Waals surface area (Å²) in [6, 6.07) is 0.887. The maximum atomic E-state index is 11.0. The maximum absolute atomic E-state index is 11.0. The van der Waals surface area contributed by atoms with Crippen molar-refractivity contribution in [1.29, 1.82) is 0 Å². The first-order valence-electron chi connectivity index (χ1n) is 3.23. The molecule has 2 N–H and O–H groups in total. The Morgan fingerprint density at radius 1 is 1.54 bits per heavy atom. The van der Waals surface area contributed by atoms with Crippen molar-refractivity contribution in [2.24, 2.45) is 7.05 Å². The molecule has 0 saturated heterocycles. The molecule has 0 bridgehead atoms. The van der Waals surface area contributed by atoms with E-state index < -0.39 is 14.6 Å². The SMILES string of the molecule is Cn1cc(N)c(S(=O)(=O)Cl)cc1=O. The van der Waals surface area contributed by atoms with E-state index in [-0.39, 0.29) is 10.6 Å². The highest BCUT2D eigenvalue weighted by Gasteiger charge is 2.15. The third-order valence-electron chi connectivity index (χ3n) is 1.48. The molecule has 1 rings (SSSR count). The fourth-order valence-corrected chi connectivity index (χ4v) is 1.82. The van der Waals surface area contributed by atoms with Gasteiger partial charge in [-0.2, -0.15) is 0 Å². The smallest absolute Gasteiger partial charge is 0.263 e. The van der Waals surface area contributed by atoms with Gasteiger partial charge >= 0.3 is 0 Å². The molecule has 0 saturated carbocycles. The zero-order valence-corrected chi connectivity index (χ0v) is 8.26. The highest BCUT2D eigenvalue weighted by Crippen LogP contribution is 2.18. The zero-order chi connectivity index (χ0) is 10.2. The third-order valence-corrected chi connectivity index (χ3v) is 2.86. The van der Waals surface area contributed by atoms with Crippen LogP contribution in [0.3, 0.4) is 0 Å². The Morgan fingerprint density at radius 2 is 2.08 bits per heavy atom. The van der Waals surface area contributed by atoms with E-state index in [1.165, 1.54) is 17.8 Å². The molecule has 0 aliphatic carbocycles. The molecule has 1 aromatic rings. The van der Waals surface area contributed by atoms with Crippen molar-refractivity contribution < 1.29 is 8.42 Å². The van der Waals surface area contributed by atoms with Crippen molar-refractivity contribution in [3.05, 3.63) is 22.6 Å². The third kappa shape index (κ3) is 2.02. The van der Waals surface area contributed by atoms with Gasteiger partial charge in [-0.15, -0.1) is 0 Å². The summed E-state index contributed by atoms with van der Waals surface area (Å²) in [6.07, 6.45) is 1.21. The minimum absolute atomic E-state index is 0.0444. The van der Waals surface area contributed by atoms with Gasteiger partial charge in [-0.3, -0.25) is 4.79 Å². The summed E-state index contributed by atoms with van der Waals surface area (Å²) < 4.78 is 22.9. The lowest BCUT2D eigenvalue weighted by Crippen LogP contribution is -2.17. The van der Waals surface area contributed by atoms with E-state index in [9.17, 15) is 13.2 Å². The molecule has 0 unspecified atom stereocenters. The molecule has 0 fully saturated rings. The number of rotatable bonds is 1. The number of halogens is 1. The maximum Gasteiger partial charge on any atom is 0.263 e. The van der Waals surface area contributed by atoms with Crippen molar-refractivity contribution in [2.45, 2.75) is 4.90 Å². The van der Waals surface area contributed by atoms with E-state index >= 15 is 0 Å². The van der Waals surface area contributed by atoms with Crippen molar-refractivity contribution >= 4 is 25.4 Å². The van der Waals surface area contributed by atoms with Crippen LogP contribution in [0.5, 0.6) is 0 Å². The molecule has 0 atom stereocenters. The highest BCUT2D eigenvalue weighted by atomic mass is 35.7. The van der Waals surface area contributed by atoms with Gasteiger partial charge in [0.05, 0.1) is 5.69 Å². The van der Waals surface area contributed by atoms with Crippen LogP contribution in [0.1, 0.15) is 0 Å². The van der Waals surface area contributed by atoms with E-state index in [0.717, 1.165) is 6.07 Å². The number of nitrogen functional groups attached to an aromatic ring is 1. The Bertz CT molecular complexity index is 491. The number of anilines is 1. The minimum Gasteiger partial charge on any atom is -0.396 e. The average molecular weight is 223 g/mol. The van der Waals surface area contributed by atoms with Crippen LogP contribution in [0.2, 0.25) is 0 Å². The van der Waals surface area contributed by atoms with Gasteiger partial charge in [0, 0.05) is 30.0 Å². The van der Waals surface area contributed by atoms with E-state index in [1.54, 1.807) is 0 Å². The lowest BCUT2D eigenvalue weighted by molar-refractivity contribution is 0.609. The Labute approximate surface area is 79.2 Å². The first-order chi connectivity index (χ1) is 5.82. The molecule has 7 heteroatoms. The second-order valence-electron chi connectivity index (χ2n) is 2.48. The van der Waals surface area contributed by atoms with Crippen molar-refractivity contribution in [3.8, 4) is 0 Å². The normalized spacial score (nSPS) is 11.5. The van der Waals surface area contributed by atoms with Crippen molar-refractivity contribution in [2.75, 3.05) is 5.73 Å². The predicted molar refractivity (Wildman–Crippen MR) is 49.1 cm³/mol.